The van der Waals surface area contributed by atoms with E-state index >= 15 is 0 Å². The molecule has 120 valence electrons. The lowest BCUT2D eigenvalue weighted by Crippen LogP contribution is -2.28. The molecule has 0 saturated heterocycles. The minimum Gasteiger partial charge on any atom is -0.388 e. The maximum absolute atomic E-state index is 5.15. The van der Waals surface area contributed by atoms with Gasteiger partial charge in [-0.05, 0) is 35.1 Å². The molecule has 0 fully saturated rings. The van der Waals surface area contributed by atoms with Gasteiger partial charge in [-0.3, -0.25) is 0 Å². The summed E-state index contributed by atoms with van der Waals surface area (Å²) in [4.78, 5) is 7.41. The van der Waals surface area contributed by atoms with E-state index in [-0.39, 0.29) is 0 Å². The Morgan fingerprint density at radius 2 is 1.92 bits per heavy atom. The topological polar surface area (TPSA) is 29.2 Å². The number of thiazole rings is 1. The molecule has 0 N–H and O–H groups in total. The van der Waals surface area contributed by atoms with Crippen molar-refractivity contribution >= 4 is 39.5 Å². The summed E-state index contributed by atoms with van der Waals surface area (Å²) in [6, 6.07) is 12.2. The number of nitrogens with zero attached hydrogens (tertiary/aromatic N) is 3. The summed E-state index contributed by atoms with van der Waals surface area (Å²) < 4.78 is 7.12. The summed E-state index contributed by atoms with van der Waals surface area (Å²) in [6.07, 6.45) is 11.5. The van der Waals surface area contributed by atoms with Gasteiger partial charge in [-0.25, -0.2) is 0 Å². The second kappa shape index (κ2) is 6.73. The quantitative estimate of drug-likeness (QED) is 0.541. The lowest BCUT2D eigenvalue weighted by atomic mass is 10.2. The van der Waals surface area contributed by atoms with Crippen molar-refractivity contribution in [1.82, 2.24) is 4.98 Å². The molecular weight excluding hydrogens is 318 g/mol. The molecule has 24 heavy (non-hydrogen) atoms. The summed E-state index contributed by atoms with van der Waals surface area (Å²) in [5, 5.41) is 1.10. The second-order valence-corrected chi connectivity index (χ2v) is 6.52. The molecule has 4 nitrogen and oxygen atoms in total. The minimum atomic E-state index is 0.446. The van der Waals surface area contributed by atoms with Crippen molar-refractivity contribution in [3.05, 3.63) is 47.0 Å². The number of hydrogen-bond acceptors (Lipinski definition) is 4. The van der Waals surface area contributed by atoms with E-state index in [4.69, 9.17) is 11.2 Å². The van der Waals surface area contributed by atoms with Gasteiger partial charge in [0.2, 0.25) is 11.4 Å². The van der Waals surface area contributed by atoms with Crippen molar-refractivity contribution in [2.24, 2.45) is 7.05 Å². The minimum absolute atomic E-state index is 0.446. The summed E-state index contributed by atoms with van der Waals surface area (Å²) in [5.41, 5.74) is 3.39. The van der Waals surface area contributed by atoms with Gasteiger partial charge in [0.15, 0.2) is 4.83 Å². The lowest BCUT2D eigenvalue weighted by Gasteiger charge is -2.11. The summed E-state index contributed by atoms with van der Waals surface area (Å²) in [7, 11) is 6.09. The molecule has 1 aromatic carbocycles. The van der Waals surface area contributed by atoms with Crippen LogP contribution >= 0.6 is 11.3 Å². The van der Waals surface area contributed by atoms with E-state index in [1.54, 1.807) is 17.4 Å². The highest BCUT2D eigenvalue weighted by Crippen LogP contribution is 2.23. The zero-order valence-corrected chi connectivity index (χ0v) is 14.7. The number of ether oxygens (including phenoxy) is 1. The first-order valence-corrected chi connectivity index (χ1v) is 8.27. The van der Waals surface area contributed by atoms with E-state index in [0.29, 0.717) is 5.88 Å². The highest BCUT2D eigenvalue weighted by Gasteiger charge is 2.16. The largest absolute Gasteiger partial charge is 0.388 e. The molecule has 3 aromatic rings. The van der Waals surface area contributed by atoms with Crippen molar-refractivity contribution < 1.29 is 9.30 Å². The van der Waals surface area contributed by atoms with E-state index < -0.39 is 0 Å². The number of anilines is 1. The molecular formula is C19H18N3OS+. The fraction of sp³-hybridized carbons (Fsp3) is 0.158. The molecule has 0 aliphatic carbocycles. The summed E-state index contributed by atoms with van der Waals surface area (Å²) in [5.74, 6) is 0.446. The molecule has 0 saturated carbocycles. The van der Waals surface area contributed by atoms with Crippen LogP contribution in [0, 0.1) is 12.5 Å². The Labute approximate surface area is 145 Å². The molecule has 0 atom stereocenters. The molecule has 0 radical (unpaired) electrons. The van der Waals surface area contributed by atoms with Gasteiger partial charge in [0.1, 0.15) is 13.2 Å². The van der Waals surface area contributed by atoms with Gasteiger partial charge in [-0.1, -0.05) is 18.6 Å². The number of terminal acetylenes is 1. The average Bonchev–Trinajstić information content (AvgIpc) is 2.89. The van der Waals surface area contributed by atoms with E-state index in [1.807, 2.05) is 27.2 Å². The number of aryl methyl sites for hydroxylation is 1. The first-order valence-electron chi connectivity index (χ1n) is 7.46. The van der Waals surface area contributed by atoms with Crippen LogP contribution in [0.4, 0.5) is 5.69 Å². The van der Waals surface area contributed by atoms with E-state index in [9.17, 15) is 0 Å². The van der Waals surface area contributed by atoms with Crippen molar-refractivity contribution in [2.45, 2.75) is 0 Å². The standard InChI is InChI=1S/C19H18N3OS/c1-5-23-17-12-11-16-19(20-17)24-18(22(16)4)13-8-14-6-9-15(10-7-14)21(2)3/h1,6-13H,2-4H3/q+1. The Kier molecular flexibility index (Phi) is 4.50. The van der Waals surface area contributed by atoms with Gasteiger partial charge in [0.05, 0.1) is 0 Å². The fourth-order valence-electron chi connectivity index (χ4n) is 2.35. The number of rotatable bonds is 4. The highest BCUT2D eigenvalue weighted by molar-refractivity contribution is 7.18. The van der Waals surface area contributed by atoms with E-state index in [1.165, 1.54) is 5.69 Å². The van der Waals surface area contributed by atoms with Crippen molar-refractivity contribution in [3.8, 4) is 18.4 Å². The summed E-state index contributed by atoms with van der Waals surface area (Å²) >= 11 is 1.60. The Morgan fingerprint density at radius 3 is 2.58 bits per heavy atom. The molecule has 0 amide bonds. The van der Waals surface area contributed by atoms with Crippen LogP contribution in [0.3, 0.4) is 0 Å². The van der Waals surface area contributed by atoms with Crippen molar-refractivity contribution in [1.29, 1.82) is 0 Å². The number of aromatic nitrogens is 2. The molecule has 5 heteroatoms. The maximum Gasteiger partial charge on any atom is 0.264 e. The Balaban J connectivity index is 1.89. The van der Waals surface area contributed by atoms with E-state index in [0.717, 1.165) is 20.9 Å². The number of benzene rings is 1. The van der Waals surface area contributed by atoms with Gasteiger partial charge in [-0.15, -0.1) is 0 Å². The molecule has 0 bridgehead atoms. The third-order valence-corrected chi connectivity index (χ3v) is 4.81. The molecule has 3 rings (SSSR count). The zero-order valence-electron chi connectivity index (χ0n) is 13.9. The van der Waals surface area contributed by atoms with Gasteiger partial charge >= 0.3 is 0 Å². The molecule has 0 spiro atoms. The average molecular weight is 336 g/mol. The third kappa shape index (κ3) is 3.24. The van der Waals surface area contributed by atoms with Gasteiger partial charge in [0.25, 0.3) is 5.01 Å². The Morgan fingerprint density at radius 1 is 1.17 bits per heavy atom. The Hall–Kier alpha value is -2.84. The third-order valence-electron chi connectivity index (χ3n) is 3.70. The lowest BCUT2D eigenvalue weighted by molar-refractivity contribution is -0.642. The highest BCUT2D eigenvalue weighted by atomic mass is 32.1. The first-order chi connectivity index (χ1) is 11.6. The van der Waals surface area contributed by atoms with Crippen LogP contribution < -0.4 is 14.2 Å². The smallest absolute Gasteiger partial charge is 0.264 e. The normalized spacial score (nSPS) is 10.9. The molecule has 0 aliphatic rings. The van der Waals surface area contributed by atoms with Crippen LogP contribution in [0.25, 0.3) is 22.5 Å². The monoisotopic (exact) mass is 336 g/mol. The number of hydrogen-bond donors (Lipinski definition) is 0. The zero-order chi connectivity index (χ0) is 17.1. The first kappa shape index (κ1) is 16.0. The van der Waals surface area contributed by atoms with Crippen LogP contribution in [0.15, 0.2) is 36.4 Å². The maximum atomic E-state index is 5.15. The van der Waals surface area contributed by atoms with Crippen molar-refractivity contribution in [3.63, 3.8) is 0 Å². The van der Waals surface area contributed by atoms with Gasteiger partial charge in [0, 0.05) is 38.0 Å². The number of fused-ring (bicyclic) bond motifs is 1. The molecule has 0 aliphatic heterocycles. The number of pyridine rings is 1. The predicted octanol–water partition coefficient (Wildman–Crippen LogP) is 3.33. The molecule has 0 unspecified atom stereocenters. The van der Waals surface area contributed by atoms with Gasteiger partial charge < -0.3 is 9.64 Å². The van der Waals surface area contributed by atoms with Crippen LogP contribution in [0.2, 0.25) is 0 Å². The Bertz CT molecular complexity index is 934. The van der Waals surface area contributed by atoms with Crippen molar-refractivity contribution in [2.75, 3.05) is 19.0 Å². The molecule has 2 aromatic heterocycles. The molecule has 2 heterocycles. The van der Waals surface area contributed by atoms with Crippen LogP contribution in [0.5, 0.6) is 5.88 Å². The SMILES string of the molecule is C#COc1ccc2c(n1)sc(C=Cc1ccc(N(C)C)cc1)[n+]2C. The fourth-order valence-corrected chi connectivity index (χ4v) is 3.36. The van der Waals surface area contributed by atoms with Gasteiger partial charge in [-0.2, -0.15) is 9.55 Å². The van der Waals surface area contributed by atoms with Crippen LogP contribution in [-0.4, -0.2) is 19.1 Å². The predicted molar refractivity (Wildman–Crippen MR) is 100.0 cm³/mol. The van der Waals surface area contributed by atoms with E-state index in [2.05, 4.69) is 57.0 Å². The van der Waals surface area contributed by atoms with Crippen LogP contribution in [-0.2, 0) is 7.05 Å². The van der Waals surface area contributed by atoms with Crippen LogP contribution in [0.1, 0.15) is 10.6 Å². The summed E-state index contributed by atoms with van der Waals surface area (Å²) in [6.45, 7) is 0. The second-order valence-electron chi connectivity index (χ2n) is 5.51.